The zero-order chi connectivity index (χ0) is 13.9. The lowest BCUT2D eigenvalue weighted by atomic mass is 10.4. The van der Waals surface area contributed by atoms with E-state index in [-0.39, 0.29) is 17.3 Å². The standard InChI is InChI=1S/C10H20N4O3S/c1-4-5-14-6-9(10(11)12-14)18(16,17)13(3)8(2)7-15/h6,8,15H,4-5,7H2,1-3H3,(H2,11,12). The number of anilines is 1. The molecule has 1 rings (SSSR count). The fourth-order valence-electron chi connectivity index (χ4n) is 1.47. The summed E-state index contributed by atoms with van der Waals surface area (Å²) in [5.74, 6) is -0.0135. The predicted molar refractivity (Wildman–Crippen MR) is 68.4 cm³/mol. The van der Waals surface area contributed by atoms with Crippen LogP contribution in [0.2, 0.25) is 0 Å². The van der Waals surface area contributed by atoms with Gasteiger partial charge in [-0.05, 0) is 13.3 Å². The topological polar surface area (TPSA) is 101 Å². The van der Waals surface area contributed by atoms with Crippen molar-refractivity contribution in [1.29, 1.82) is 0 Å². The first-order valence-corrected chi connectivity index (χ1v) is 7.20. The third kappa shape index (κ3) is 2.82. The number of likely N-dealkylation sites (N-methyl/N-ethyl adjacent to an activating group) is 1. The van der Waals surface area contributed by atoms with Gasteiger partial charge in [0.15, 0.2) is 5.82 Å². The van der Waals surface area contributed by atoms with Crippen LogP contribution in [0.5, 0.6) is 0 Å². The summed E-state index contributed by atoms with van der Waals surface area (Å²) in [6, 6.07) is -0.510. The van der Waals surface area contributed by atoms with Crippen LogP contribution >= 0.6 is 0 Å². The van der Waals surface area contributed by atoms with Gasteiger partial charge in [0, 0.05) is 25.8 Å². The van der Waals surface area contributed by atoms with Gasteiger partial charge in [-0.3, -0.25) is 4.68 Å². The molecule has 1 aromatic heterocycles. The highest BCUT2D eigenvalue weighted by molar-refractivity contribution is 7.89. The average molecular weight is 276 g/mol. The molecule has 0 amide bonds. The minimum Gasteiger partial charge on any atom is -0.395 e. The van der Waals surface area contributed by atoms with E-state index < -0.39 is 16.1 Å². The van der Waals surface area contributed by atoms with Crippen molar-refractivity contribution in [2.75, 3.05) is 19.4 Å². The molecule has 0 saturated carbocycles. The summed E-state index contributed by atoms with van der Waals surface area (Å²) in [7, 11) is -2.30. The first kappa shape index (κ1) is 14.9. The molecule has 0 spiro atoms. The number of sulfonamides is 1. The van der Waals surface area contributed by atoms with Crippen molar-refractivity contribution < 1.29 is 13.5 Å². The molecule has 104 valence electrons. The van der Waals surface area contributed by atoms with Gasteiger partial charge in [0.1, 0.15) is 4.90 Å². The monoisotopic (exact) mass is 276 g/mol. The lowest BCUT2D eigenvalue weighted by Gasteiger charge is -2.21. The SMILES string of the molecule is CCCn1cc(S(=O)(=O)N(C)C(C)CO)c(N)n1. The fraction of sp³-hybridized carbons (Fsp3) is 0.700. The van der Waals surface area contributed by atoms with Gasteiger partial charge in [0.05, 0.1) is 6.61 Å². The number of hydrogen-bond acceptors (Lipinski definition) is 5. The molecule has 1 unspecified atom stereocenters. The van der Waals surface area contributed by atoms with E-state index in [1.165, 1.54) is 17.9 Å². The van der Waals surface area contributed by atoms with Gasteiger partial charge in [0.2, 0.25) is 10.0 Å². The average Bonchev–Trinajstić information content (AvgIpc) is 2.69. The molecule has 0 fully saturated rings. The van der Waals surface area contributed by atoms with E-state index >= 15 is 0 Å². The Labute approximate surface area is 107 Å². The molecule has 0 aromatic carbocycles. The minimum atomic E-state index is -3.71. The number of nitrogens with two attached hydrogens (primary N) is 1. The molecule has 0 aliphatic carbocycles. The van der Waals surface area contributed by atoms with Crippen LogP contribution in [0.15, 0.2) is 11.1 Å². The third-order valence-electron chi connectivity index (χ3n) is 2.75. The van der Waals surface area contributed by atoms with Crippen LogP contribution in [0.3, 0.4) is 0 Å². The quantitative estimate of drug-likeness (QED) is 0.754. The van der Waals surface area contributed by atoms with E-state index in [2.05, 4.69) is 5.10 Å². The summed E-state index contributed by atoms with van der Waals surface area (Å²) >= 11 is 0. The van der Waals surface area contributed by atoms with Crippen LogP contribution in [0.4, 0.5) is 5.82 Å². The molecule has 0 aliphatic rings. The number of nitrogen functional groups attached to an aromatic ring is 1. The van der Waals surface area contributed by atoms with E-state index in [0.29, 0.717) is 6.54 Å². The van der Waals surface area contributed by atoms with E-state index in [1.807, 2.05) is 6.92 Å². The van der Waals surface area contributed by atoms with Gasteiger partial charge in [-0.15, -0.1) is 0 Å². The highest BCUT2D eigenvalue weighted by Crippen LogP contribution is 2.21. The Kier molecular flexibility index (Phi) is 4.71. The van der Waals surface area contributed by atoms with Crippen LogP contribution in [-0.2, 0) is 16.6 Å². The first-order valence-electron chi connectivity index (χ1n) is 5.76. The van der Waals surface area contributed by atoms with Crippen molar-refractivity contribution in [2.45, 2.75) is 37.8 Å². The molecule has 7 nitrogen and oxygen atoms in total. The summed E-state index contributed by atoms with van der Waals surface area (Å²) in [5, 5.41) is 13.0. The third-order valence-corrected chi connectivity index (χ3v) is 4.74. The molecule has 0 radical (unpaired) electrons. The van der Waals surface area contributed by atoms with Crippen molar-refractivity contribution >= 4 is 15.8 Å². The zero-order valence-electron chi connectivity index (χ0n) is 10.9. The molecule has 1 heterocycles. The number of aryl methyl sites for hydroxylation is 1. The largest absolute Gasteiger partial charge is 0.395 e. The summed E-state index contributed by atoms with van der Waals surface area (Å²) < 4.78 is 27.1. The van der Waals surface area contributed by atoms with Gasteiger partial charge < -0.3 is 10.8 Å². The number of nitrogens with zero attached hydrogens (tertiary/aromatic N) is 3. The second kappa shape index (κ2) is 5.68. The molecule has 3 N–H and O–H groups in total. The number of aliphatic hydroxyl groups is 1. The van der Waals surface area contributed by atoms with E-state index in [0.717, 1.165) is 10.7 Å². The summed E-state index contributed by atoms with van der Waals surface area (Å²) in [6.07, 6.45) is 2.26. The number of rotatable bonds is 6. The second-order valence-corrected chi connectivity index (χ2v) is 6.16. The lowest BCUT2D eigenvalue weighted by molar-refractivity contribution is 0.214. The van der Waals surface area contributed by atoms with Crippen molar-refractivity contribution in [3.8, 4) is 0 Å². The highest BCUT2D eigenvalue weighted by atomic mass is 32.2. The zero-order valence-corrected chi connectivity index (χ0v) is 11.7. The Morgan fingerprint density at radius 2 is 2.22 bits per heavy atom. The highest BCUT2D eigenvalue weighted by Gasteiger charge is 2.29. The van der Waals surface area contributed by atoms with Crippen molar-refractivity contribution in [3.63, 3.8) is 0 Å². The van der Waals surface area contributed by atoms with E-state index in [1.54, 1.807) is 6.92 Å². The number of hydrogen-bond donors (Lipinski definition) is 2. The molecule has 8 heteroatoms. The normalized spacial score (nSPS) is 14.1. The Bertz CT molecular complexity index is 497. The Hall–Kier alpha value is -1.12. The summed E-state index contributed by atoms with van der Waals surface area (Å²) in [5.41, 5.74) is 5.64. The maximum absolute atomic E-state index is 12.3. The molecule has 0 bridgehead atoms. The van der Waals surface area contributed by atoms with Crippen molar-refractivity contribution in [3.05, 3.63) is 6.20 Å². The van der Waals surface area contributed by atoms with Gasteiger partial charge in [0.25, 0.3) is 0 Å². The lowest BCUT2D eigenvalue weighted by Crippen LogP contribution is -2.37. The van der Waals surface area contributed by atoms with E-state index in [9.17, 15) is 8.42 Å². The maximum atomic E-state index is 12.3. The van der Waals surface area contributed by atoms with Crippen molar-refractivity contribution in [1.82, 2.24) is 14.1 Å². The first-order chi connectivity index (χ1) is 8.34. The van der Waals surface area contributed by atoms with E-state index in [4.69, 9.17) is 10.8 Å². The van der Waals surface area contributed by atoms with Crippen LogP contribution in [0.25, 0.3) is 0 Å². The van der Waals surface area contributed by atoms with Crippen molar-refractivity contribution in [2.24, 2.45) is 0 Å². The van der Waals surface area contributed by atoms with Crippen LogP contribution in [0, 0.1) is 0 Å². The summed E-state index contributed by atoms with van der Waals surface area (Å²) in [4.78, 5) is -0.0150. The van der Waals surface area contributed by atoms with Crippen LogP contribution in [0.1, 0.15) is 20.3 Å². The summed E-state index contributed by atoms with van der Waals surface area (Å²) in [6.45, 7) is 3.94. The smallest absolute Gasteiger partial charge is 0.248 e. The molecule has 1 atom stereocenters. The Balaban J connectivity index is 3.12. The molecular formula is C10H20N4O3S. The van der Waals surface area contributed by atoms with Gasteiger partial charge in [-0.2, -0.15) is 9.40 Å². The number of aromatic nitrogens is 2. The number of aliphatic hydroxyl groups excluding tert-OH is 1. The molecule has 1 aromatic rings. The molecular weight excluding hydrogens is 256 g/mol. The molecule has 0 aliphatic heterocycles. The Morgan fingerprint density at radius 1 is 1.61 bits per heavy atom. The Morgan fingerprint density at radius 3 is 2.72 bits per heavy atom. The van der Waals surface area contributed by atoms with Crippen LogP contribution < -0.4 is 5.73 Å². The van der Waals surface area contributed by atoms with Crippen LogP contribution in [-0.4, -0.2) is 47.3 Å². The van der Waals surface area contributed by atoms with Gasteiger partial charge in [-0.1, -0.05) is 6.92 Å². The predicted octanol–water partition coefficient (Wildman–Crippen LogP) is -0.123. The fourth-order valence-corrected chi connectivity index (χ4v) is 2.88. The minimum absolute atomic E-state index is 0.0135. The molecule has 0 saturated heterocycles. The maximum Gasteiger partial charge on any atom is 0.248 e. The van der Waals surface area contributed by atoms with Gasteiger partial charge >= 0.3 is 0 Å². The van der Waals surface area contributed by atoms with Gasteiger partial charge in [-0.25, -0.2) is 8.42 Å². The second-order valence-electron chi connectivity index (χ2n) is 4.19. The molecule has 18 heavy (non-hydrogen) atoms.